The van der Waals surface area contributed by atoms with Crippen molar-refractivity contribution in [3.63, 3.8) is 0 Å². The number of carboxylic acid groups (broad SMARTS) is 1. The molecule has 1 N–H and O–H groups in total. The van der Waals surface area contributed by atoms with Gasteiger partial charge in [-0.1, -0.05) is 0 Å². The molecule has 0 radical (unpaired) electrons. The molecular formula is C13H11NO4. The van der Waals surface area contributed by atoms with Gasteiger partial charge in [0.15, 0.2) is 0 Å². The molecule has 0 saturated carbocycles. The molecule has 2 aromatic rings. The van der Waals surface area contributed by atoms with Crippen LogP contribution in [0.15, 0.2) is 42.6 Å². The molecule has 5 nitrogen and oxygen atoms in total. The Morgan fingerprint density at radius 3 is 2.44 bits per heavy atom. The maximum Gasteiger partial charge on any atom is 0.335 e. The van der Waals surface area contributed by atoms with Crippen LogP contribution in [0.1, 0.15) is 10.4 Å². The lowest BCUT2D eigenvalue weighted by Gasteiger charge is -2.06. The number of aromatic nitrogens is 1. The van der Waals surface area contributed by atoms with E-state index in [1.807, 2.05) is 0 Å². The molecule has 0 aliphatic carbocycles. The maximum atomic E-state index is 10.8. The van der Waals surface area contributed by atoms with Crippen LogP contribution >= 0.6 is 0 Å². The van der Waals surface area contributed by atoms with Gasteiger partial charge in [-0.15, -0.1) is 0 Å². The summed E-state index contributed by atoms with van der Waals surface area (Å²) in [5.41, 5.74) is 0.133. The molecule has 0 fully saturated rings. The predicted octanol–water partition coefficient (Wildman–Crippen LogP) is 2.58. The number of benzene rings is 1. The van der Waals surface area contributed by atoms with Gasteiger partial charge in [0.25, 0.3) is 0 Å². The third-order valence-corrected chi connectivity index (χ3v) is 2.26. The van der Waals surface area contributed by atoms with Crippen LogP contribution < -0.4 is 9.47 Å². The largest absolute Gasteiger partial charge is 0.497 e. The molecular weight excluding hydrogens is 234 g/mol. The van der Waals surface area contributed by atoms with E-state index in [0.29, 0.717) is 5.75 Å². The molecule has 0 aliphatic heterocycles. The monoisotopic (exact) mass is 245 g/mol. The molecule has 1 aromatic carbocycles. The molecule has 0 aliphatic rings. The molecule has 92 valence electrons. The van der Waals surface area contributed by atoms with Crippen molar-refractivity contribution in [1.82, 2.24) is 4.98 Å². The minimum atomic E-state index is -1.02. The van der Waals surface area contributed by atoms with Crippen molar-refractivity contribution in [2.24, 2.45) is 0 Å². The first-order valence-corrected chi connectivity index (χ1v) is 5.20. The smallest absolute Gasteiger partial charge is 0.335 e. The highest BCUT2D eigenvalue weighted by Crippen LogP contribution is 2.22. The van der Waals surface area contributed by atoms with E-state index in [2.05, 4.69) is 4.98 Å². The van der Waals surface area contributed by atoms with Gasteiger partial charge in [-0.25, -0.2) is 9.78 Å². The predicted molar refractivity (Wildman–Crippen MR) is 64.3 cm³/mol. The number of ether oxygens (including phenoxy) is 2. The van der Waals surface area contributed by atoms with Gasteiger partial charge in [-0.3, -0.25) is 0 Å². The molecule has 0 atom stereocenters. The molecule has 5 heteroatoms. The first-order chi connectivity index (χ1) is 8.69. The van der Waals surface area contributed by atoms with Gasteiger partial charge < -0.3 is 14.6 Å². The zero-order valence-electron chi connectivity index (χ0n) is 9.66. The van der Waals surface area contributed by atoms with Crippen molar-refractivity contribution in [3.8, 4) is 17.4 Å². The highest BCUT2D eigenvalue weighted by molar-refractivity contribution is 5.87. The SMILES string of the molecule is COc1ccc(Oc2cc(C(=O)O)ccn2)cc1. The average molecular weight is 245 g/mol. The molecule has 0 spiro atoms. The van der Waals surface area contributed by atoms with Crippen LogP contribution in [-0.2, 0) is 0 Å². The van der Waals surface area contributed by atoms with Crippen LogP contribution in [-0.4, -0.2) is 23.2 Å². The zero-order valence-corrected chi connectivity index (χ0v) is 9.66. The van der Waals surface area contributed by atoms with Crippen LogP contribution in [0.25, 0.3) is 0 Å². The van der Waals surface area contributed by atoms with Crippen LogP contribution in [0.5, 0.6) is 17.4 Å². The summed E-state index contributed by atoms with van der Waals surface area (Å²) in [7, 11) is 1.58. The summed E-state index contributed by atoms with van der Waals surface area (Å²) in [5.74, 6) is 0.498. The minimum absolute atomic E-state index is 0.133. The van der Waals surface area contributed by atoms with E-state index in [0.717, 1.165) is 5.75 Å². The van der Waals surface area contributed by atoms with Crippen molar-refractivity contribution >= 4 is 5.97 Å². The number of pyridine rings is 1. The Morgan fingerprint density at radius 2 is 1.83 bits per heavy atom. The van der Waals surface area contributed by atoms with Crippen LogP contribution in [0.4, 0.5) is 0 Å². The lowest BCUT2D eigenvalue weighted by atomic mass is 10.3. The fourth-order valence-electron chi connectivity index (χ4n) is 1.36. The highest BCUT2D eigenvalue weighted by atomic mass is 16.5. The Bertz CT molecular complexity index is 551. The topological polar surface area (TPSA) is 68.7 Å². The zero-order chi connectivity index (χ0) is 13.0. The van der Waals surface area contributed by atoms with Gasteiger partial charge in [0.2, 0.25) is 5.88 Å². The van der Waals surface area contributed by atoms with E-state index in [-0.39, 0.29) is 11.4 Å². The Balaban J connectivity index is 2.17. The minimum Gasteiger partial charge on any atom is -0.497 e. The van der Waals surface area contributed by atoms with Crippen molar-refractivity contribution < 1.29 is 19.4 Å². The lowest BCUT2D eigenvalue weighted by Crippen LogP contribution is -1.97. The van der Waals surface area contributed by atoms with Crippen molar-refractivity contribution in [2.45, 2.75) is 0 Å². The van der Waals surface area contributed by atoms with Gasteiger partial charge >= 0.3 is 5.97 Å². The summed E-state index contributed by atoms with van der Waals surface area (Å²) in [4.78, 5) is 14.7. The molecule has 0 saturated heterocycles. The number of carbonyl (C=O) groups is 1. The van der Waals surface area contributed by atoms with E-state index in [1.165, 1.54) is 18.3 Å². The first-order valence-electron chi connectivity index (χ1n) is 5.20. The summed E-state index contributed by atoms with van der Waals surface area (Å²) in [6, 6.07) is 9.70. The van der Waals surface area contributed by atoms with Crippen LogP contribution in [0.3, 0.4) is 0 Å². The number of carboxylic acids is 1. The van der Waals surface area contributed by atoms with E-state index in [9.17, 15) is 4.79 Å². The quantitative estimate of drug-likeness (QED) is 0.896. The van der Waals surface area contributed by atoms with Gasteiger partial charge in [0, 0.05) is 12.3 Å². The summed E-state index contributed by atoms with van der Waals surface area (Å²) in [6.07, 6.45) is 1.39. The van der Waals surface area contributed by atoms with E-state index in [1.54, 1.807) is 31.4 Å². The number of hydrogen-bond donors (Lipinski definition) is 1. The second-order valence-corrected chi connectivity index (χ2v) is 3.47. The fraction of sp³-hybridized carbons (Fsp3) is 0.0769. The number of nitrogens with zero attached hydrogens (tertiary/aromatic N) is 1. The first kappa shape index (κ1) is 11.9. The van der Waals surface area contributed by atoms with Gasteiger partial charge in [-0.05, 0) is 30.3 Å². The summed E-state index contributed by atoms with van der Waals surface area (Å²) < 4.78 is 10.5. The van der Waals surface area contributed by atoms with E-state index >= 15 is 0 Å². The highest BCUT2D eigenvalue weighted by Gasteiger charge is 2.05. The molecule has 2 rings (SSSR count). The van der Waals surface area contributed by atoms with Crippen molar-refractivity contribution in [1.29, 1.82) is 0 Å². The second kappa shape index (κ2) is 5.18. The normalized spacial score (nSPS) is 9.83. The van der Waals surface area contributed by atoms with Gasteiger partial charge in [-0.2, -0.15) is 0 Å². The third kappa shape index (κ3) is 2.76. The van der Waals surface area contributed by atoms with Crippen molar-refractivity contribution in [3.05, 3.63) is 48.2 Å². The summed E-state index contributed by atoms with van der Waals surface area (Å²) in [6.45, 7) is 0. The second-order valence-electron chi connectivity index (χ2n) is 3.47. The molecule has 0 unspecified atom stereocenters. The lowest BCUT2D eigenvalue weighted by molar-refractivity contribution is 0.0696. The molecule has 0 bridgehead atoms. The Morgan fingerprint density at radius 1 is 1.17 bits per heavy atom. The van der Waals surface area contributed by atoms with Gasteiger partial charge in [0.05, 0.1) is 12.7 Å². The Hall–Kier alpha value is -2.56. The Kier molecular flexibility index (Phi) is 3.43. The van der Waals surface area contributed by atoms with E-state index < -0.39 is 5.97 Å². The third-order valence-electron chi connectivity index (χ3n) is 2.26. The van der Waals surface area contributed by atoms with Crippen LogP contribution in [0.2, 0.25) is 0 Å². The number of methoxy groups -OCH3 is 1. The molecule has 1 heterocycles. The number of aromatic carboxylic acids is 1. The number of rotatable bonds is 4. The molecule has 1 aromatic heterocycles. The average Bonchev–Trinajstić information content (AvgIpc) is 2.40. The summed E-state index contributed by atoms with van der Waals surface area (Å²) in [5, 5.41) is 8.84. The van der Waals surface area contributed by atoms with E-state index in [4.69, 9.17) is 14.6 Å². The maximum absolute atomic E-state index is 10.8. The van der Waals surface area contributed by atoms with Gasteiger partial charge in [0.1, 0.15) is 11.5 Å². The standard InChI is InChI=1S/C13H11NO4/c1-17-10-2-4-11(5-3-10)18-12-8-9(13(15)16)6-7-14-12/h2-8H,1H3,(H,15,16). The molecule has 18 heavy (non-hydrogen) atoms. The van der Waals surface area contributed by atoms with Crippen LogP contribution in [0, 0.1) is 0 Å². The Labute approximate surface area is 104 Å². The summed E-state index contributed by atoms with van der Waals surface area (Å²) >= 11 is 0. The number of hydrogen-bond acceptors (Lipinski definition) is 4. The fourth-order valence-corrected chi connectivity index (χ4v) is 1.36. The van der Waals surface area contributed by atoms with Crippen molar-refractivity contribution in [2.75, 3.05) is 7.11 Å². The molecule has 0 amide bonds.